The minimum absolute atomic E-state index is 0.109. The number of anilines is 1. The minimum atomic E-state index is -0.109. The van der Waals surface area contributed by atoms with E-state index in [0.29, 0.717) is 16.8 Å². The van der Waals surface area contributed by atoms with Crippen LogP contribution >= 0.6 is 23.4 Å². The highest BCUT2D eigenvalue weighted by molar-refractivity contribution is 7.99. The van der Waals surface area contributed by atoms with Crippen LogP contribution < -0.4 is 10.1 Å². The standard InChI is InChI=1S/C19H21ClN6O2S/c1-11-18(12(2)23-22-11)21-17(27)10-29-19-25-24-16(26(19)13-7-8-13)9-28-15-6-4-3-5-14(15)20/h3-6,13H,7-10H2,1-2H3,(H,21,27)(H,22,23). The third-order valence-electron chi connectivity index (χ3n) is 4.57. The average molecular weight is 433 g/mol. The first kappa shape index (κ1) is 19.8. The van der Waals surface area contributed by atoms with Crippen molar-refractivity contribution >= 4 is 35.0 Å². The van der Waals surface area contributed by atoms with Gasteiger partial charge in [-0.2, -0.15) is 5.10 Å². The van der Waals surface area contributed by atoms with Crippen LogP contribution in [0.4, 0.5) is 5.69 Å². The Labute approximate surface area is 177 Å². The molecule has 1 saturated carbocycles. The van der Waals surface area contributed by atoms with Crippen molar-refractivity contribution in [1.29, 1.82) is 0 Å². The van der Waals surface area contributed by atoms with E-state index in [4.69, 9.17) is 16.3 Å². The van der Waals surface area contributed by atoms with Gasteiger partial charge in [0.2, 0.25) is 5.91 Å². The third-order valence-corrected chi connectivity index (χ3v) is 5.82. The van der Waals surface area contributed by atoms with Crippen LogP contribution in [0.15, 0.2) is 29.4 Å². The van der Waals surface area contributed by atoms with E-state index < -0.39 is 0 Å². The summed E-state index contributed by atoms with van der Waals surface area (Å²) in [5, 5.41) is 19.7. The number of rotatable bonds is 8. The number of carbonyl (C=O) groups excluding carboxylic acids is 1. The van der Waals surface area contributed by atoms with Crippen LogP contribution in [-0.4, -0.2) is 36.6 Å². The summed E-state index contributed by atoms with van der Waals surface area (Å²) >= 11 is 7.52. The average Bonchev–Trinajstić information content (AvgIpc) is 3.40. The largest absolute Gasteiger partial charge is 0.484 e. The van der Waals surface area contributed by atoms with Crippen LogP contribution in [0.3, 0.4) is 0 Å². The van der Waals surface area contributed by atoms with Crippen LogP contribution in [-0.2, 0) is 11.4 Å². The number of aromatic amines is 1. The Hall–Kier alpha value is -2.52. The van der Waals surface area contributed by atoms with Crippen LogP contribution in [0.2, 0.25) is 5.02 Å². The molecule has 1 aromatic carbocycles. The van der Waals surface area contributed by atoms with Gasteiger partial charge < -0.3 is 10.1 Å². The Morgan fingerprint density at radius 1 is 1.34 bits per heavy atom. The number of hydrogen-bond donors (Lipinski definition) is 2. The summed E-state index contributed by atoms with van der Waals surface area (Å²) in [5.41, 5.74) is 2.33. The van der Waals surface area contributed by atoms with Gasteiger partial charge >= 0.3 is 0 Å². The summed E-state index contributed by atoms with van der Waals surface area (Å²) in [6.45, 7) is 3.99. The van der Waals surface area contributed by atoms with Crippen LogP contribution in [0.25, 0.3) is 0 Å². The second-order valence-corrected chi connectivity index (χ2v) is 8.21. The van der Waals surface area contributed by atoms with Gasteiger partial charge in [0.1, 0.15) is 12.4 Å². The van der Waals surface area contributed by atoms with Gasteiger partial charge in [0, 0.05) is 6.04 Å². The lowest BCUT2D eigenvalue weighted by atomic mass is 10.3. The summed E-state index contributed by atoms with van der Waals surface area (Å²) in [5.74, 6) is 1.47. The van der Waals surface area contributed by atoms with E-state index in [1.807, 2.05) is 32.0 Å². The fourth-order valence-corrected chi connectivity index (χ4v) is 3.96. The van der Waals surface area contributed by atoms with Crippen molar-refractivity contribution in [3.05, 3.63) is 46.5 Å². The van der Waals surface area contributed by atoms with E-state index in [-0.39, 0.29) is 18.3 Å². The molecule has 1 amide bonds. The molecule has 0 radical (unpaired) electrons. The number of carbonyl (C=O) groups is 1. The maximum atomic E-state index is 12.4. The van der Waals surface area contributed by atoms with Crippen molar-refractivity contribution in [3.8, 4) is 5.75 Å². The van der Waals surface area contributed by atoms with Crippen LogP contribution in [0.1, 0.15) is 36.1 Å². The highest BCUT2D eigenvalue weighted by Gasteiger charge is 2.30. The highest BCUT2D eigenvalue weighted by atomic mass is 35.5. The van der Waals surface area contributed by atoms with Gasteiger partial charge in [-0.25, -0.2) is 0 Å². The molecular weight excluding hydrogens is 412 g/mol. The molecule has 8 nitrogen and oxygen atoms in total. The summed E-state index contributed by atoms with van der Waals surface area (Å²) in [4.78, 5) is 12.4. The number of nitrogens with zero attached hydrogens (tertiary/aromatic N) is 4. The molecule has 10 heteroatoms. The lowest BCUT2D eigenvalue weighted by Crippen LogP contribution is -2.15. The van der Waals surface area contributed by atoms with Crippen LogP contribution in [0, 0.1) is 13.8 Å². The van der Waals surface area contributed by atoms with E-state index in [2.05, 4.69) is 30.3 Å². The molecule has 1 aliphatic rings. The fraction of sp³-hybridized carbons (Fsp3) is 0.368. The molecule has 0 spiro atoms. The Morgan fingerprint density at radius 2 is 2.14 bits per heavy atom. The molecule has 1 fully saturated rings. The molecule has 2 heterocycles. The van der Waals surface area contributed by atoms with E-state index in [0.717, 1.165) is 40.9 Å². The number of aromatic nitrogens is 5. The second kappa shape index (κ2) is 8.46. The zero-order chi connectivity index (χ0) is 20.4. The van der Waals surface area contributed by atoms with Gasteiger partial charge in [0.25, 0.3) is 0 Å². The summed E-state index contributed by atoms with van der Waals surface area (Å²) < 4.78 is 7.90. The van der Waals surface area contributed by atoms with Crippen LogP contribution in [0.5, 0.6) is 5.75 Å². The van der Waals surface area contributed by atoms with Crippen molar-refractivity contribution in [2.45, 2.75) is 44.5 Å². The first-order valence-electron chi connectivity index (χ1n) is 9.28. The molecule has 0 unspecified atom stereocenters. The van der Waals surface area contributed by atoms with E-state index in [9.17, 15) is 4.79 Å². The zero-order valence-corrected chi connectivity index (χ0v) is 17.7. The molecule has 3 aromatic rings. The summed E-state index contributed by atoms with van der Waals surface area (Å²) in [6.07, 6.45) is 2.15. The lowest BCUT2D eigenvalue weighted by Gasteiger charge is -2.11. The van der Waals surface area contributed by atoms with Crippen molar-refractivity contribution in [2.75, 3.05) is 11.1 Å². The number of H-pyrrole nitrogens is 1. The van der Waals surface area contributed by atoms with Gasteiger partial charge in [0.05, 0.1) is 27.9 Å². The number of thioether (sulfide) groups is 1. The Kier molecular flexibility index (Phi) is 5.77. The number of ether oxygens (including phenoxy) is 1. The van der Waals surface area contributed by atoms with Crippen molar-refractivity contribution in [1.82, 2.24) is 25.0 Å². The molecule has 1 aliphatic carbocycles. The number of hydrogen-bond acceptors (Lipinski definition) is 6. The SMILES string of the molecule is Cc1n[nH]c(C)c1NC(=O)CSc1nnc(COc2ccccc2Cl)n1C1CC1. The molecule has 0 aliphatic heterocycles. The summed E-state index contributed by atoms with van der Waals surface area (Å²) in [6, 6.07) is 7.69. The fourth-order valence-electron chi connectivity index (χ4n) is 2.95. The number of amides is 1. The van der Waals surface area contributed by atoms with E-state index >= 15 is 0 Å². The molecule has 0 saturated heterocycles. The van der Waals surface area contributed by atoms with E-state index in [1.165, 1.54) is 11.8 Å². The predicted molar refractivity (Wildman–Crippen MR) is 111 cm³/mol. The number of para-hydroxylation sites is 1. The lowest BCUT2D eigenvalue weighted by molar-refractivity contribution is -0.113. The molecule has 2 N–H and O–H groups in total. The molecule has 152 valence electrons. The van der Waals surface area contributed by atoms with Gasteiger partial charge in [0.15, 0.2) is 11.0 Å². The van der Waals surface area contributed by atoms with Gasteiger partial charge in [-0.15, -0.1) is 10.2 Å². The normalized spacial score (nSPS) is 13.5. The minimum Gasteiger partial charge on any atom is -0.484 e. The second-order valence-electron chi connectivity index (χ2n) is 6.86. The zero-order valence-electron chi connectivity index (χ0n) is 16.1. The quantitative estimate of drug-likeness (QED) is 0.523. The van der Waals surface area contributed by atoms with Crippen molar-refractivity contribution < 1.29 is 9.53 Å². The summed E-state index contributed by atoms with van der Waals surface area (Å²) in [7, 11) is 0. The monoisotopic (exact) mass is 432 g/mol. The maximum absolute atomic E-state index is 12.4. The Bertz CT molecular complexity index is 1010. The molecule has 2 aromatic heterocycles. The third kappa shape index (κ3) is 4.56. The number of nitrogens with one attached hydrogen (secondary N) is 2. The molecule has 4 rings (SSSR count). The molecule has 29 heavy (non-hydrogen) atoms. The topological polar surface area (TPSA) is 97.7 Å². The molecule has 0 bridgehead atoms. The van der Waals surface area contributed by atoms with Crippen molar-refractivity contribution in [2.24, 2.45) is 0 Å². The van der Waals surface area contributed by atoms with Gasteiger partial charge in [-0.05, 0) is 38.8 Å². The number of halogens is 1. The van der Waals surface area contributed by atoms with Gasteiger partial charge in [-0.3, -0.25) is 14.5 Å². The van der Waals surface area contributed by atoms with Crippen molar-refractivity contribution in [3.63, 3.8) is 0 Å². The first-order chi connectivity index (χ1) is 14.0. The first-order valence-corrected chi connectivity index (χ1v) is 10.6. The maximum Gasteiger partial charge on any atom is 0.234 e. The van der Waals surface area contributed by atoms with E-state index in [1.54, 1.807) is 6.07 Å². The smallest absolute Gasteiger partial charge is 0.234 e. The molecule has 0 atom stereocenters. The Balaban J connectivity index is 1.40. The Morgan fingerprint density at radius 3 is 2.83 bits per heavy atom. The predicted octanol–water partition coefficient (Wildman–Crippen LogP) is 3.92. The highest BCUT2D eigenvalue weighted by Crippen LogP contribution is 2.39. The molecular formula is C19H21ClN6O2S. The van der Waals surface area contributed by atoms with Gasteiger partial charge in [-0.1, -0.05) is 35.5 Å². The number of benzene rings is 1. The number of aryl methyl sites for hydroxylation is 2.